The number of hydrogen-bond acceptors (Lipinski definition) is 3. The van der Waals surface area contributed by atoms with Crippen molar-refractivity contribution in [2.24, 2.45) is 11.8 Å². The van der Waals surface area contributed by atoms with E-state index in [1.807, 2.05) is 17.2 Å². The molecule has 150 valence electrons. The number of aromatic amines is 1. The molecule has 1 N–H and O–H groups in total. The third-order valence-electron chi connectivity index (χ3n) is 6.48. The minimum absolute atomic E-state index is 0.0670. The highest BCUT2D eigenvalue weighted by Crippen LogP contribution is 2.35. The lowest BCUT2D eigenvalue weighted by atomic mass is 9.80. The Morgan fingerprint density at radius 1 is 1.37 bits per heavy atom. The van der Waals surface area contributed by atoms with Crippen LogP contribution in [0.25, 0.3) is 0 Å². The minimum Gasteiger partial charge on any atom is -0.376 e. The van der Waals surface area contributed by atoms with Gasteiger partial charge in [-0.15, -0.1) is 6.58 Å². The van der Waals surface area contributed by atoms with Gasteiger partial charge in [-0.2, -0.15) is 5.10 Å². The van der Waals surface area contributed by atoms with Crippen molar-refractivity contribution in [3.63, 3.8) is 0 Å². The number of aromatic nitrogens is 2. The SMILES string of the molecule is C=CCC(=O)N1CCCC(c2cc[nH]n2)C1COC1CCC(C(C)C)CC1. The number of amides is 1. The summed E-state index contributed by atoms with van der Waals surface area (Å²) in [5, 5.41) is 7.34. The van der Waals surface area contributed by atoms with Crippen LogP contribution < -0.4 is 0 Å². The average molecular weight is 374 g/mol. The largest absolute Gasteiger partial charge is 0.376 e. The van der Waals surface area contributed by atoms with Gasteiger partial charge >= 0.3 is 0 Å². The third-order valence-corrected chi connectivity index (χ3v) is 6.48. The van der Waals surface area contributed by atoms with Gasteiger partial charge in [0.2, 0.25) is 5.91 Å². The fraction of sp³-hybridized carbons (Fsp3) is 0.727. The zero-order valence-corrected chi connectivity index (χ0v) is 16.9. The van der Waals surface area contributed by atoms with Crippen molar-refractivity contribution in [1.82, 2.24) is 15.1 Å². The first-order valence-electron chi connectivity index (χ1n) is 10.6. The summed E-state index contributed by atoms with van der Waals surface area (Å²) in [6.45, 7) is 9.80. The molecule has 1 aliphatic carbocycles. The predicted molar refractivity (Wildman–Crippen MR) is 107 cm³/mol. The molecule has 2 fully saturated rings. The van der Waals surface area contributed by atoms with E-state index in [2.05, 4.69) is 30.6 Å². The Morgan fingerprint density at radius 2 is 2.15 bits per heavy atom. The smallest absolute Gasteiger partial charge is 0.226 e. The summed E-state index contributed by atoms with van der Waals surface area (Å²) in [4.78, 5) is 14.7. The lowest BCUT2D eigenvalue weighted by Crippen LogP contribution is -2.50. The van der Waals surface area contributed by atoms with E-state index in [0.29, 0.717) is 19.1 Å². The highest BCUT2D eigenvalue weighted by molar-refractivity contribution is 5.78. The van der Waals surface area contributed by atoms with Gasteiger partial charge in [-0.25, -0.2) is 0 Å². The molecule has 2 aliphatic rings. The van der Waals surface area contributed by atoms with E-state index in [1.165, 1.54) is 12.8 Å². The maximum atomic E-state index is 12.7. The molecule has 27 heavy (non-hydrogen) atoms. The molecule has 3 rings (SSSR count). The van der Waals surface area contributed by atoms with Crippen molar-refractivity contribution in [2.75, 3.05) is 13.2 Å². The van der Waals surface area contributed by atoms with Gasteiger partial charge in [-0.05, 0) is 56.4 Å². The van der Waals surface area contributed by atoms with Crippen molar-refractivity contribution >= 4 is 5.91 Å². The van der Waals surface area contributed by atoms with E-state index in [9.17, 15) is 4.79 Å². The highest BCUT2D eigenvalue weighted by Gasteiger charge is 2.36. The van der Waals surface area contributed by atoms with Gasteiger partial charge in [0.25, 0.3) is 0 Å². The van der Waals surface area contributed by atoms with Crippen molar-refractivity contribution in [1.29, 1.82) is 0 Å². The molecule has 0 aromatic carbocycles. The van der Waals surface area contributed by atoms with Gasteiger partial charge in [0.05, 0.1) is 24.4 Å². The Hall–Kier alpha value is -1.62. The molecule has 0 radical (unpaired) electrons. The molecule has 1 aromatic heterocycles. The van der Waals surface area contributed by atoms with E-state index in [-0.39, 0.29) is 17.9 Å². The number of likely N-dealkylation sites (tertiary alicyclic amines) is 1. The van der Waals surface area contributed by atoms with E-state index in [1.54, 1.807) is 6.08 Å². The molecular formula is C22H35N3O2. The molecule has 5 nitrogen and oxygen atoms in total. The van der Waals surface area contributed by atoms with E-state index in [0.717, 1.165) is 49.8 Å². The molecule has 1 aromatic rings. The second-order valence-corrected chi connectivity index (χ2v) is 8.51. The molecule has 1 amide bonds. The topological polar surface area (TPSA) is 58.2 Å². The van der Waals surface area contributed by atoms with Crippen LogP contribution in [-0.4, -0.2) is 46.3 Å². The van der Waals surface area contributed by atoms with Crippen LogP contribution in [0.4, 0.5) is 0 Å². The second kappa shape index (κ2) is 9.54. The Bertz CT molecular complexity index is 591. The van der Waals surface area contributed by atoms with Crippen molar-refractivity contribution in [2.45, 2.75) is 76.9 Å². The van der Waals surface area contributed by atoms with Crippen LogP contribution in [0.1, 0.15) is 70.4 Å². The number of piperidine rings is 1. The first kappa shape index (κ1) is 20.1. The summed E-state index contributed by atoms with van der Waals surface area (Å²) in [7, 11) is 0. The molecule has 5 heteroatoms. The van der Waals surface area contributed by atoms with Crippen LogP contribution in [0.3, 0.4) is 0 Å². The molecule has 1 aliphatic heterocycles. The molecule has 2 unspecified atom stereocenters. The maximum Gasteiger partial charge on any atom is 0.226 e. The van der Waals surface area contributed by atoms with Gasteiger partial charge in [-0.3, -0.25) is 9.89 Å². The molecule has 0 bridgehead atoms. The first-order chi connectivity index (χ1) is 13.1. The molecule has 1 saturated heterocycles. The van der Waals surface area contributed by atoms with Crippen molar-refractivity contribution < 1.29 is 9.53 Å². The highest BCUT2D eigenvalue weighted by atomic mass is 16.5. The zero-order valence-electron chi connectivity index (χ0n) is 16.9. The van der Waals surface area contributed by atoms with Crippen LogP contribution >= 0.6 is 0 Å². The zero-order chi connectivity index (χ0) is 19.2. The van der Waals surface area contributed by atoms with Crippen LogP contribution in [0.2, 0.25) is 0 Å². The maximum absolute atomic E-state index is 12.7. The Labute approximate surface area is 163 Å². The van der Waals surface area contributed by atoms with Crippen LogP contribution in [-0.2, 0) is 9.53 Å². The Morgan fingerprint density at radius 3 is 2.78 bits per heavy atom. The number of nitrogens with zero attached hydrogens (tertiary/aromatic N) is 2. The van der Waals surface area contributed by atoms with Gasteiger partial charge < -0.3 is 9.64 Å². The lowest BCUT2D eigenvalue weighted by Gasteiger charge is -2.41. The number of rotatable bonds is 7. The summed E-state index contributed by atoms with van der Waals surface area (Å²) < 4.78 is 6.38. The predicted octanol–water partition coefficient (Wildman–Crippen LogP) is 4.29. The van der Waals surface area contributed by atoms with E-state index in [4.69, 9.17) is 4.74 Å². The number of H-pyrrole nitrogens is 1. The van der Waals surface area contributed by atoms with Crippen molar-refractivity contribution in [3.8, 4) is 0 Å². The summed E-state index contributed by atoms with van der Waals surface area (Å²) in [6, 6.07) is 2.10. The number of hydrogen-bond donors (Lipinski definition) is 1. The quantitative estimate of drug-likeness (QED) is 0.725. The van der Waals surface area contributed by atoms with Crippen LogP contribution in [0.15, 0.2) is 24.9 Å². The second-order valence-electron chi connectivity index (χ2n) is 8.51. The van der Waals surface area contributed by atoms with Gasteiger partial charge in [-0.1, -0.05) is 19.9 Å². The summed E-state index contributed by atoms with van der Waals surface area (Å²) >= 11 is 0. The monoisotopic (exact) mass is 373 g/mol. The summed E-state index contributed by atoms with van der Waals surface area (Å²) in [5.41, 5.74) is 1.04. The standard InChI is InChI=1S/C22H35N3O2/c1-4-6-22(26)25-14-5-7-19(20-12-13-23-24-20)21(25)15-27-18-10-8-17(9-11-18)16(2)3/h4,12-13,16-19,21H,1,5-11,14-15H2,2-3H3,(H,23,24). The van der Waals surface area contributed by atoms with E-state index >= 15 is 0 Å². The lowest BCUT2D eigenvalue weighted by molar-refractivity contribution is -0.137. The van der Waals surface area contributed by atoms with Gasteiger partial charge in [0, 0.05) is 25.1 Å². The normalized spacial score (nSPS) is 29.1. The van der Waals surface area contributed by atoms with Crippen LogP contribution in [0.5, 0.6) is 0 Å². The average Bonchev–Trinajstić information content (AvgIpc) is 3.21. The van der Waals surface area contributed by atoms with Crippen molar-refractivity contribution in [3.05, 3.63) is 30.6 Å². The van der Waals surface area contributed by atoms with E-state index < -0.39 is 0 Å². The fourth-order valence-corrected chi connectivity index (χ4v) is 4.79. The fourth-order valence-electron chi connectivity index (χ4n) is 4.79. The third kappa shape index (κ3) is 5.01. The molecule has 0 spiro atoms. The number of ether oxygens (including phenoxy) is 1. The first-order valence-corrected chi connectivity index (χ1v) is 10.6. The summed E-state index contributed by atoms with van der Waals surface area (Å²) in [5.74, 6) is 2.00. The number of carbonyl (C=O) groups is 1. The molecular weight excluding hydrogens is 338 g/mol. The minimum atomic E-state index is 0.0670. The molecule has 2 atom stereocenters. The summed E-state index contributed by atoms with van der Waals surface area (Å²) in [6.07, 6.45) is 11.2. The number of nitrogens with one attached hydrogen (secondary N) is 1. The number of carbonyl (C=O) groups excluding carboxylic acids is 1. The Balaban J connectivity index is 1.65. The Kier molecular flexibility index (Phi) is 7.11. The molecule has 1 saturated carbocycles. The van der Waals surface area contributed by atoms with Gasteiger partial charge in [0.1, 0.15) is 0 Å². The van der Waals surface area contributed by atoms with Crippen LogP contribution in [0, 0.1) is 11.8 Å². The van der Waals surface area contributed by atoms with Gasteiger partial charge in [0.15, 0.2) is 0 Å². The molecule has 2 heterocycles.